The van der Waals surface area contributed by atoms with Crippen molar-refractivity contribution in [2.45, 2.75) is 38.9 Å². The zero-order chi connectivity index (χ0) is 10.3. The smallest absolute Gasteiger partial charge is 0.0441 e. The fraction of sp³-hybridized carbons (Fsp3) is 1.00. The van der Waals surface area contributed by atoms with Crippen molar-refractivity contribution in [1.82, 2.24) is 5.32 Å². The summed E-state index contributed by atoms with van der Waals surface area (Å²) in [4.78, 5) is 0. The first-order chi connectivity index (χ1) is 6.11. The molecule has 0 saturated carbocycles. The maximum atomic E-state index is 11.0. The highest BCUT2D eigenvalue weighted by molar-refractivity contribution is 7.84. The van der Waals surface area contributed by atoms with Gasteiger partial charge in [0.2, 0.25) is 0 Å². The predicted octanol–water partition coefficient (Wildman–Crippen LogP) is 1.78. The van der Waals surface area contributed by atoms with Crippen LogP contribution in [0.5, 0.6) is 0 Å². The molecule has 0 spiro atoms. The largest absolute Gasteiger partial charge is 0.315 e. The molecule has 0 aliphatic rings. The van der Waals surface area contributed by atoms with Gasteiger partial charge in [0, 0.05) is 28.9 Å². The number of hydrogen-bond acceptors (Lipinski definition) is 2. The van der Waals surface area contributed by atoms with E-state index < -0.39 is 10.8 Å². The summed E-state index contributed by atoms with van der Waals surface area (Å²) in [7, 11) is -0.691. The van der Waals surface area contributed by atoms with Gasteiger partial charge in [0.05, 0.1) is 0 Å². The molecule has 80 valence electrons. The monoisotopic (exact) mass is 205 g/mol. The van der Waals surface area contributed by atoms with E-state index >= 15 is 0 Å². The third-order valence-electron chi connectivity index (χ3n) is 2.59. The summed E-state index contributed by atoms with van der Waals surface area (Å²) in [6.45, 7) is 8.40. The number of nitrogens with one attached hydrogen (secondary N) is 1. The van der Waals surface area contributed by atoms with Crippen LogP contribution in [0.3, 0.4) is 0 Å². The number of rotatable bonds is 7. The summed E-state index contributed by atoms with van der Waals surface area (Å²) in [6, 6.07) is 0. The van der Waals surface area contributed by atoms with Crippen molar-refractivity contribution >= 4 is 10.8 Å². The Morgan fingerprint density at radius 2 is 1.77 bits per heavy atom. The van der Waals surface area contributed by atoms with Gasteiger partial charge in [0.1, 0.15) is 0 Å². The highest BCUT2D eigenvalue weighted by Crippen LogP contribution is 2.05. The lowest BCUT2D eigenvalue weighted by Crippen LogP contribution is -2.31. The van der Waals surface area contributed by atoms with Crippen LogP contribution in [0.1, 0.15) is 33.6 Å². The molecule has 0 aromatic rings. The Balaban J connectivity index is 3.48. The summed E-state index contributed by atoms with van der Waals surface area (Å²) >= 11 is 0. The van der Waals surface area contributed by atoms with Gasteiger partial charge in [-0.2, -0.15) is 0 Å². The Morgan fingerprint density at radius 3 is 2.15 bits per heavy atom. The quantitative estimate of drug-likeness (QED) is 0.686. The highest BCUT2D eigenvalue weighted by atomic mass is 32.2. The fourth-order valence-electron chi connectivity index (χ4n) is 1.19. The lowest BCUT2D eigenvalue weighted by molar-refractivity contribution is 0.451. The molecule has 0 aliphatic heterocycles. The van der Waals surface area contributed by atoms with Crippen LogP contribution in [-0.2, 0) is 10.8 Å². The van der Waals surface area contributed by atoms with E-state index in [0.717, 1.165) is 19.0 Å². The lowest BCUT2D eigenvalue weighted by atomic mass is 10.0. The Hall–Kier alpha value is 0.110. The van der Waals surface area contributed by atoms with Gasteiger partial charge in [-0.15, -0.1) is 0 Å². The maximum Gasteiger partial charge on any atom is 0.0441 e. The van der Waals surface area contributed by atoms with Crippen LogP contribution in [0.4, 0.5) is 0 Å². The van der Waals surface area contributed by atoms with Crippen LogP contribution in [0.15, 0.2) is 0 Å². The van der Waals surface area contributed by atoms with E-state index in [0.29, 0.717) is 0 Å². The summed E-state index contributed by atoms with van der Waals surface area (Å²) in [5, 5.41) is 3.65. The molecule has 0 amide bonds. The predicted molar refractivity (Wildman–Crippen MR) is 60.5 cm³/mol. The van der Waals surface area contributed by atoms with E-state index in [-0.39, 0.29) is 5.25 Å². The summed E-state index contributed by atoms with van der Waals surface area (Å²) < 4.78 is 11.0. The molecule has 0 heterocycles. The van der Waals surface area contributed by atoms with Crippen molar-refractivity contribution in [3.8, 4) is 0 Å². The van der Waals surface area contributed by atoms with E-state index in [2.05, 4.69) is 19.2 Å². The lowest BCUT2D eigenvalue weighted by Gasteiger charge is -2.15. The molecule has 1 N–H and O–H groups in total. The van der Waals surface area contributed by atoms with Crippen molar-refractivity contribution in [3.63, 3.8) is 0 Å². The first-order valence-electron chi connectivity index (χ1n) is 5.14. The van der Waals surface area contributed by atoms with Crippen molar-refractivity contribution in [2.24, 2.45) is 5.92 Å². The van der Waals surface area contributed by atoms with Crippen molar-refractivity contribution in [2.75, 3.05) is 19.3 Å². The van der Waals surface area contributed by atoms with Crippen LogP contribution in [0.25, 0.3) is 0 Å². The molecular weight excluding hydrogens is 182 g/mol. The molecular formula is C10H23NOS. The van der Waals surface area contributed by atoms with Crippen LogP contribution in [0.2, 0.25) is 0 Å². The zero-order valence-electron chi connectivity index (χ0n) is 9.30. The average Bonchev–Trinajstić information content (AvgIpc) is 2.12. The molecule has 0 aliphatic carbocycles. The Kier molecular flexibility index (Phi) is 7.57. The van der Waals surface area contributed by atoms with Gasteiger partial charge in [-0.3, -0.25) is 4.21 Å². The van der Waals surface area contributed by atoms with Crippen molar-refractivity contribution in [3.05, 3.63) is 0 Å². The van der Waals surface area contributed by atoms with Crippen LogP contribution < -0.4 is 5.32 Å². The molecule has 0 saturated heterocycles. The Morgan fingerprint density at radius 1 is 1.23 bits per heavy atom. The molecule has 13 heavy (non-hydrogen) atoms. The second kappa shape index (κ2) is 7.51. The molecule has 0 rings (SSSR count). The third kappa shape index (κ3) is 6.22. The minimum atomic E-state index is -0.691. The Bertz CT molecular complexity index is 146. The minimum Gasteiger partial charge on any atom is -0.315 e. The molecule has 2 atom stereocenters. The van der Waals surface area contributed by atoms with Crippen LogP contribution in [-0.4, -0.2) is 28.8 Å². The summed E-state index contributed by atoms with van der Waals surface area (Å²) in [5.41, 5.74) is 0. The average molecular weight is 205 g/mol. The van der Waals surface area contributed by atoms with E-state index in [4.69, 9.17) is 0 Å². The van der Waals surface area contributed by atoms with Gasteiger partial charge < -0.3 is 5.32 Å². The molecule has 0 bridgehead atoms. The van der Waals surface area contributed by atoms with Gasteiger partial charge >= 0.3 is 0 Å². The SMILES string of the molecule is CCC(CC)CNCC(C)S(C)=O. The first-order valence-corrected chi connectivity index (χ1v) is 6.76. The van der Waals surface area contributed by atoms with Crippen molar-refractivity contribution < 1.29 is 4.21 Å². The molecule has 2 nitrogen and oxygen atoms in total. The first kappa shape index (κ1) is 13.1. The molecule has 2 unspecified atom stereocenters. The second-order valence-corrected chi connectivity index (χ2v) is 5.45. The molecule has 0 fully saturated rings. The van der Waals surface area contributed by atoms with Gasteiger partial charge in [-0.1, -0.05) is 26.7 Å². The highest BCUT2D eigenvalue weighted by Gasteiger charge is 2.07. The van der Waals surface area contributed by atoms with Gasteiger partial charge in [-0.05, 0) is 19.4 Å². The minimum absolute atomic E-state index is 0.273. The van der Waals surface area contributed by atoms with Crippen LogP contribution in [0, 0.1) is 5.92 Å². The third-order valence-corrected chi connectivity index (χ3v) is 3.89. The van der Waals surface area contributed by atoms with E-state index in [1.807, 2.05) is 6.92 Å². The fourth-order valence-corrected chi connectivity index (χ4v) is 1.54. The number of hydrogen-bond donors (Lipinski definition) is 1. The van der Waals surface area contributed by atoms with Gasteiger partial charge in [0.15, 0.2) is 0 Å². The van der Waals surface area contributed by atoms with E-state index in [1.165, 1.54) is 12.8 Å². The normalized spacial score (nSPS) is 16.1. The topological polar surface area (TPSA) is 29.1 Å². The van der Waals surface area contributed by atoms with Gasteiger partial charge in [0.25, 0.3) is 0 Å². The van der Waals surface area contributed by atoms with Gasteiger partial charge in [-0.25, -0.2) is 0 Å². The van der Waals surface area contributed by atoms with E-state index in [9.17, 15) is 4.21 Å². The second-order valence-electron chi connectivity index (χ2n) is 3.65. The zero-order valence-corrected chi connectivity index (χ0v) is 10.1. The molecule has 0 aromatic heterocycles. The van der Waals surface area contributed by atoms with Crippen LogP contribution >= 0.6 is 0 Å². The standard InChI is InChI=1S/C10H23NOS/c1-5-10(6-2)8-11-7-9(3)13(4)12/h9-11H,5-8H2,1-4H3. The molecule has 3 heteroatoms. The van der Waals surface area contributed by atoms with E-state index in [1.54, 1.807) is 6.26 Å². The Labute approximate surface area is 84.9 Å². The molecule has 0 radical (unpaired) electrons. The molecule has 0 aromatic carbocycles. The summed E-state index contributed by atoms with van der Waals surface area (Å²) in [6.07, 6.45) is 4.23. The van der Waals surface area contributed by atoms with Crippen molar-refractivity contribution in [1.29, 1.82) is 0 Å². The maximum absolute atomic E-state index is 11.0. The summed E-state index contributed by atoms with van der Waals surface area (Å²) in [5.74, 6) is 0.775.